The van der Waals surface area contributed by atoms with Gasteiger partial charge in [-0.2, -0.15) is 0 Å². The van der Waals surface area contributed by atoms with Crippen LogP contribution < -0.4 is 5.32 Å². The van der Waals surface area contributed by atoms with Crippen molar-refractivity contribution in [3.63, 3.8) is 0 Å². The van der Waals surface area contributed by atoms with E-state index < -0.39 is 12.0 Å². The third kappa shape index (κ3) is 4.42. The van der Waals surface area contributed by atoms with Crippen LogP contribution in [0.1, 0.15) is 6.42 Å². The van der Waals surface area contributed by atoms with E-state index >= 15 is 0 Å². The maximum atomic E-state index is 12.0. The molecule has 0 aliphatic carbocycles. The second-order valence-corrected chi connectivity index (χ2v) is 5.14. The van der Waals surface area contributed by atoms with Gasteiger partial charge in [-0.15, -0.1) is 0 Å². The van der Waals surface area contributed by atoms with Crippen LogP contribution in [0, 0.1) is 0 Å². The number of nitrogens with one attached hydrogen (secondary N) is 1. The third-order valence-electron chi connectivity index (χ3n) is 3.30. The second kappa shape index (κ2) is 7.40. The first-order valence-electron chi connectivity index (χ1n) is 6.67. The predicted octanol–water partition coefficient (Wildman–Crippen LogP) is 1.45. The number of anilines is 1. The first-order valence-corrected chi connectivity index (χ1v) is 7.04. The van der Waals surface area contributed by atoms with Crippen molar-refractivity contribution in [2.24, 2.45) is 0 Å². The average molecular weight is 313 g/mol. The molecule has 1 heterocycles. The fourth-order valence-corrected chi connectivity index (χ4v) is 2.38. The van der Waals surface area contributed by atoms with Crippen LogP contribution in [0.4, 0.5) is 5.69 Å². The van der Waals surface area contributed by atoms with Crippen LogP contribution >= 0.6 is 11.6 Å². The van der Waals surface area contributed by atoms with Crippen molar-refractivity contribution in [3.05, 3.63) is 29.3 Å². The second-order valence-electron chi connectivity index (χ2n) is 4.73. The number of carbonyl (C=O) groups is 2. The molecule has 1 aromatic carbocycles. The van der Waals surface area contributed by atoms with Crippen molar-refractivity contribution < 1.29 is 19.4 Å². The molecule has 1 saturated heterocycles. The Labute approximate surface area is 127 Å². The largest absolute Gasteiger partial charge is 0.480 e. The number of halogens is 1. The standard InChI is InChI=1S/C14H17ClN2O4/c15-10-3-1-2-4-11(10)16-13(18)9-12(14(19)20)17-5-7-21-8-6-17/h1-4,12H,5-9H2,(H,16,18)(H,19,20). The van der Waals surface area contributed by atoms with E-state index in [9.17, 15) is 14.7 Å². The Balaban J connectivity index is 1.98. The van der Waals surface area contributed by atoms with E-state index in [0.29, 0.717) is 37.0 Å². The van der Waals surface area contributed by atoms with Crippen LogP contribution in [0.2, 0.25) is 5.02 Å². The molecule has 21 heavy (non-hydrogen) atoms. The van der Waals surface area contributed by atoms with Gasteiger partial charge in [-0.25, -0.2) is 0 Å². The molecule has 1 unspecified atom stereocenters. The normalized spacial score (nSPS) is 17.2. The van der Waals surface area contributed by atoms with Crippen LogP contribution in [-0.4, -0.2) is 54.2 Å². The molecular formula is C14H17ClN2O4. The molecule has 0 spiro atoms. The summed E-state index contributed by atoms with van der Waals surface area (Å²) in [7, 11) is 0. The van der Waals surface area contributed by atoms with E-state index in [4.69, 9.17) is 16.3 Å². The number of carboxylic acids is 1. The minimum absolute atomic E-state index is 0.124. The van der Waals surface area contributed by atoms with Gasteiger partial charge >= 0.3 is 5.97 Å². The molecule has 7 heteroatoms. The van der Waals surface area contributed by atoms with Gasteiger partial charge < -0.3 is 15.2 Å². The van der Waals surface area contributed by atoms with Gasteiger partial charge in [-0.1, -0.05) is 23.7 Å². The molecule has 2 N–H and O–H groups in total. The SMILES string of the molecule is O=C(CC(C(=O)O)N1CCOCC1)Nc1ccccc1Cl. The summed E-state index contributed by atoms with van der Waals surface area (Å²) in [6.07, 6.45) is -0.124. The molecule has 1 amide bonds. The van der Waals surface area contributed by atoms with Crippen LogP contribution in [0.3, 0.4) is 0 Å². The summed E-state index contributed by atoms with van der Waals surface area (Å²) in [5, 5.41) is 12.4. The number of ether oxygens (including phenoxy) is 1. The molecule has 1 aromatic rings. The van der Waals surface area contributed by atoms with Crippen molar-refractivity contribution in [1.82, 2.24) is 4.90 Å². The number of carbonyl (C=O) groups excluding carboxylic acids is 1. The highest BCUT2D eigenvalue weighted by Gasteiger charge is 2.29. The summed E-state index contributed by atoms with van der Waals surface area (Å²) in [6, 6.07) is 5.99. The molecule has 0 radical (unpaired) electrons. The number of carboxylic acid groups (broad SMARTS) is 1. The number of aliphatic carboxylic acids is 1. The van der Waals surface area contributed by atoms with Crippen molar-refractivity contribution in [2.45, 2.75) is 12.5 Å². The third-order valence-corrected chi connectivity index (χ3v) is 3.63. The van der Waals surface area contributed by atoms with Gasteiger partial charge in [0.1, 0.15) is 6.04 Å². The highest BCUT2D eigenvalue weighted by molar-refractivity contribution is 6.33. The Bertz CT molecular complexity index is 517. The molecular weight excluding hydrogens is 296 g/mol. The number of morpholine rings is 1. The molecule has 114 valence electrons. The smallest absolute Gasteiger partial charge is 0.321 e. The molecule has 6 nitrogen and oxygen atoms in total. The van der Waals surface area contributed by atoms with Crippen molar-refractivity contribution in [1.29, 1.82) is 0 Å². The summed E-state index contributed by atoms with van der Waals surface area (Å²) in [5.74, 6) is -1.38. The fraction of sp³-hybridized carbons (Fsp3) is 0.429. The first kappa shape index (κ1) is 15.8. The summed E-state index contributed by atoms with van der Waals surface area (Å²) in [6.45, 7) is 1.98. The van der Waals surface area contributed by atoms with Gasteiger partial charge in [0, 0.05) is 13.1 Å². The molecule has 0 bridgehead atoms. The summed E-state index contributed by atoms with van der Waals surface area (Å²) in [5.41, 5.74) is 0.482. The van der Waals surface area contributed by atoms with Crippen LogP contribution in [-0.2, 0) is 14.3 Å². The number of para-hydroxylation sites is 1. The molecule has 0 aromatic heterocycles. The van der Waals surface area contributed by atoms with Gasteiger partial charge in [0.25, 0.3) is 0 Å². The van der Waals surface area contributed by atoms with E-state index in [-0.39, 0.29) is 12.3 Å². The minimum Gasteiger partial charge on any atom is -0.480 e. The van der Waals surface area contributed by atoms with E-state index in [0.717, 1.165) is 0 Å². The minimum atomic E-state index is -1.01. The summed E-state index contributed by atoms with van der Waals surface area (Å²) < 4.78 is 5.19. The topological polar surface area (TPSA) is 78.9 Å². The van der Waals surface area contributed by atoms with Gasteiger partial charge in [-0.05, 0) is 12.1 Å². The molecule has 2 rings (SSSR count). The van der Waals surface area contributed by atoms with Crippen molar-refractivity contribution >= 4 is 29.2 Å². The molecule has 1 atom stereocenters. The lowest BCUT2D eigenvalue weighted by atomic mass is 10.1. The highest BCUT2D eigenvalue weighted by Crippen LogP contribution is 2.21. The predicted molar refractivity (Wildman–Crippen MR) is 78.5 cm³/mol. The maximum absolute atomic E-state index is 12.0. The number of rotatable bonds is 5. The fourth-order valence-electron chi connectivity index (χ4n) is 2.20. The van der Waals surface area contributed by atoms with Crippen LogP contribution in [0.5, 0.6) is 0 Å². The van der Waals surface area contributed by atoms with Crippen molar-refractivity contribution in [2.75, 3.05) is 31.6 Å². The average Bonchev–Trinajstić information content (AvgIpc) is 2.48. The Morgan fingerprint density at radius 2 is 2.00 bits per heavy atom. The molecule has 1 aliphatic rings. The lowest BCUT2D eigenvalue weighted by Gasteiger charge is -2.31. The molecule has 1 fully saturated rings. The Hall–Kier alpha value is -1.63. The lowest BCUT2D eigenvalue weighted by molar-refractivity contribution is -0.147. The summed E-state index contributed by atoms with van der Waals surface area (Å²) >= 11 is 5.96. The zero-order chi connectivity index (χ0) is 15.2. The monoisotopic (exact) mass is 312 g/mol. The number of hydrogen-bond donors (Lipinski definition) is 2. The lowest BCUT2D eigenvalue weighted by Crippen LogP contribution is -2.48. The van der Waals surface area contributed by atoms with E-state index in [1.54, 1.807) is 29.2 Å². The van der Waals surface area contributed by atoms with Crippen LogP contribution in [0.15, 0.2) is 24.3 Å². The number of hydrogen-bond acceptors (Lipinski definition) is 4. The van der Waals surface area contributed by atoms with E-state index in [1.807, 2.05) is 0 Å². The van der Waals surface area contributed by atoms with Gasteiger partial charge in [-0.3, -0.25) is 14.5 Å². The number of nitrogens with zero attached hydrogens (tertiary/aromatic N) is 1. The molecule has 1 aliphatic heterocycles. The quantitative estimate of drug-likeness (QED) is 0.860. The van der Waals surface area contributed by atoms with E-state index in [1.165, 1.54) is 0 Å². The van der Waals surface area contributed by atoms with Crippen molar-refractivity contribution in [3.8, 4) is 0 Å². The van der Waals surface area contributed by atoms with E-state index in [2.05, 4.69) is 5.32 Å². The highest BCUT2D eigenvalue weighted by atomic mass is 35.5. The number of amides is 1. The van der Waals surface area contributed by atoms with Crippen LogP contribution in [0.25, 0.3) is 0 Å². The first-order chi connectivity index (χ1) is 10.1. The maximum Gasteiger partial charge on any atom is 0.321 e. The Morgan fingerprint density at radius 3 is 2.62 bits per heavy atom. The van der Waals surface area contributed by atoms with Gasteiger partial charge in [0.15, 0.2) is 0 Å². The Kier molecular flexibility index (Phi) is 5.55. The van der Waals surface area contributed by atoms with Gasteiger partial charge in [0.05, 0.1) is 30.3 Å². The zero-order valence-corrected chi connectivity index (χ0v) is 12.2. The molecule has 0 saturated carbocycles. The zero-order valence-electron chi connectivity index (χ0n) is 11.4. The number of benzene rings is 1. The summed E-state index contributed by atoms with van der Waals surface area (Å²) in [4.78, 5) is 25.1. The Morgan fingerprint density at radius 1 is 1.33 bits per heavy atom. The van der Waals surface area contributed by atoms with Gasteiger partial charge in [0.2, 0.25) is 5.91 Å².